The van der Waals surface area contributed by atoms with Crippen LogP contribution in [0.1, 0.15) is 13.3 Å². The van der Waals surface area contributed by atoms with Gasteiger partial charge in [-0.1, -0.05) is 6.92 Å². The van der Waals surface area contributed by atoms with Gasteiger partial charge in [-0.05, 0) is 37.7 Å². The first kappa shape index (κ1) is 16.1. The fraction of sp³-hybridized carbons (Fsp3) is 0.625. The molecule has 1 aromatic carbocycles. The van der Waals surface area contributed by atoms with Crippen LogP contribution in [0.2, 0.25) is 0 Å². The third kappa shape index (κ3) is 4.88. The summed E-state index contributed by atoms with van der Waals surface area (Å²) in [5, 5.41) is 10.1. The Morgan fingerprint density at radius 1 is 1.33 bits per heavy atom. The number of hydrogen-bond donors (Lipinski definition) is 2. The van der Waals surface area contributed by atoms with E-state index in [4.69, 9.17) is 10.5 Å². The summed E-state index contributed by atoms with van der Waals surface area (Å²) < 4.78 is 5.60. The molecule has 0 aromatic heterocycles. The predicted molar refractivity (Wildman–Crippen MR) is 85.5 cm³/mol. The third-order valence-electron chi connectivity index (χ3n) is 4.12. The second kappa shape index (κ2) is 7.64. The Morgan fingerprint density at radius 2 is 2.05 bits per heavy atom. The van der Waals surface area contributed by atoms with Gasteiger partial charge in [0, 0.05) is 37.9 Å². The second-order valence-corrected chi connectivity index (χ2v) is 5.84. The van der Waals surface area contributed by atoms with Crippen molar-refractivity contribution < 1.29 is 9.84 Å². The molecule has 2 rings (SSSR count). The zero-order valence-electron chi connectivity index (χ0n) is 13.0. The Hall–Kier alpha value is -1.30. The molecule has 0 bridgehead atoms. The quantitative estimate of drug-likeness (QED) is 0.767. The van der Waals surface area contributed by atoms with Gasteiger partial charge in [0.2, 0.25) is 0 Å². The lowest BCUT2D eigenvalue weighted by Crippen LogP contribution is -2.53. The van der Waals surface area contributed by atoms with Gasteiger partial charge in [0.25, 0.3) is 0 Å². The molecule has 21 heavy (non-hydrogen) atoms. The predicted octanol–water partition coefficient (Wildman–Crippen LogP) is 1.03. The highest BCUT2D eigenvalue weighted by Gasteiger charge is 2.24. The molecule has 3 N–H and O–H groups in total. The summed E-state index contributed by atoms with van der Waals surface area (Å²) in [6, 6.07) is 7.84. The zero-order valence-corrected chi connectivity index (χ0v) is 13.0. The van der Waals surface area contributed by atoms with Crippen molar-refractivity contribution in [3.05, 3.63) is 24.3 Å². The molecule has 1 aliphatic heterocycles. The summed E-state index contributed by atoms with van der Waals surface area (Å²) >= 11 is 0. The van der Waals surface area contributed by atoms with E-state index in [2.05, 4.69) is 23.8 Å². The van der Waals surface area contributed by atoms with Crippen molar-refractivity contribution in [3.8, 4) is 5.75 Å². The average molecular weight is 293 g/mol. The van der Waals surface area contributed by atoms with E-state index in [1.165, 1.54) is 0 Å². The lowest BCUT2D eigenvalue weighted by Gasteiger charge is -2.39. The van der Waals surface area contributed by atoms with E-state index in [1.807, 2.05) is 12.1 Å². The number of rotatable bonds is 6. The number of nitrogens with zero attached hydrogens (tertiary/aromatic N) is 2. The summed E-state index contributed by atoms with van der Waals surface area (Å²) in [5.74, 6) is 0.744. The van der Waals surface area contributed by atoms with Crippen molar-refractivity contribution in [3.63, 3.8) is 0 Å². The fourth-order valence-corrected chi connectivity index (χ4v) is 2.72. The molecular formula is C16H27N3O2. The van der Waals surface area contributed by atoms with Crippen LogP contribution in [-0.2, 0) is 0 Å². The molecule has 118 valence electrons. The maximum Gasteiger partial charge on any atom is 0.119 e. The van der Waals surface area contributed by atoms with Gasteiger partial charge in [0.05, 0.1) is 0 Å². The minimum Gasteiger partial charge on any atom is -0.491 e. The van der Waals surface area contributed by atoms with E-state index in [1.54, 1.807) is 12.1 Å². The van der Waals surface area contributed by atoms with Crippen molar-refractivity contribution in [2.45, 2.75) is 25.5 Å². The summed E-state index contributed by atoms with van der Waals surface area (Å²) in [6.45, 7) is 6.28. The molecule has 1 saturated heterocycles. The van der Waals surface area contributed by atoms with E-state index in [0.717, 1.165) is 31.8 Å². The molecule has 2 atom stereocenters. The van der Waals surface area contributed by atoms with Gasteiger partial charge in [0.1, 0.15) is 18.5 Å². The molecule has 5 nitrogen and oxygen atoms in total. The van der Waals surface area contributed by atoms with Crippen LogP contribution < -0.4 is 10.5 Å². The highest BCUT2D eigenvalue weighted by atomic mass is 16.5. The van der Waals surface area contributed by atoms with Crippen molar-refractivity contribution in [2.24, 2.45) is 0 Å². The molecule has 1 aliphatic rings. The minimum absolute atomic E-state index is 0.313. The summed E-state index contributed by atoms with van der Waals surface area (Å²) in [4.78, 5) is 4.72. The van der Waals surface area contributed by atoms with Crippen molar-refractivity contribution in [2.75, 3.05) is 45.6 Å². The molecule has 0 amide bonds. The molecule has 0 spiro atoms. The maximum absolute atomic E-state index is 10.1. The average Bonchev–Trinajstić information content (AvgIpc) is 2.48. The van der Waals surface area contributed by atoms with E-state index in [-0.39, 0.29) is 0 Å². The number of aliphatic hydroxyl groups is 1. The van der Waals surface area contributed by atoms with Crippen LogP contribution in [0.4, 0.5) is 5.69 Å². The van der Waals surface area contributed by atoms with Crippen LogP contribution in [0.25, 0.3) is 0 Å². The SMILES string of the molecule is CCC1CN(CC(O)COc2ccc(N)cc2)CCN1C. The number of aliphatic hydroxyl groups excluding tert-OH is 1. The molecule has 1 aromatic rings. The molecule has 2 unspecified atom stereocenters. The van der Waals surface area contributed by atoms with Crippen LogP contribution in [0.3, 0.4) is 0 Å². The standard InChI is InChI=1S/C16H27N3O2/c1-3-14-10-19(9-8-18(14)2)11-15(20)12-21-16-6-4-13(17)5-7-16/h4-7,14-15,20H,3,8-12,17H2,1-2H3. The first-order valence-electron chi connectivity index (χ1n) is 7.67. The normalized spacial score (nSPS) is 22.1. The topological polar surface area (TPSA) is 62.0 Å². The number of anilines is 1. The van der Waals surface area contributed by atoms with E-state index >= 15 is 0 Å². The van der Waals surface area contributed by atoms with Crippen LogP contribution in [0.15, 0.2) is 24.3 Å². The number of nitrogen functional groups attached to an aromatic ring is 1. The van der Waals surface area contributed by atoms with Gasteiger partial charge in [-0.2, -0.15) is 0 Å². The Morgan fingerprint density at radius 3 is 2.71 bits per heavy atom. The Balaban J connectivity index is 1.74. The van der Waals surface area contributed by atoms with Crippen molar-refractivity contribution >= 4 is 5.69 Å². The van der Waals surface area contributed by atoms with Crippen molar-refractivity contribution in [1.29, 1.82) is 0 Å². The van der Waals surface area contributed by atoms with Gasteiger partial charge >= 0.3 is 0 Å². The van der Waals surface area contributed by atoms with Crippen LogP contribution in [0, 0.1) is 0 Å². The first-order chi connectivity index (χ1) is 10.1. The molecule has 5 heteroatoms. The number of β-amino-alcohol motifs (C(OH)–C–C–N with tert-alkyl or cyclic N) is 1. The Bertz CT molecular complexity index is 424. The summed E-state index contributed by atoms with van der Waals surface area (Å²) in [5.41, 5.74) is 6.34. The van der Waals surface area contributed by atoms with Gasteiger partial charge in [-0.25, -0.2) is 0 Å². The van der Waals surface area contributed by atoms with Crippen LogP contribution in [0.5, 0.6) is 5.75 Å². The molecule has 1 heterocycles. The van der Waals surface area contributed by atoms with Gasteiger partial charge in [-0.15, -0.1) is 0 Å². The van der Waals surface area contributed by atoms with E-state index in [0.29, 0.717) is 24.9 Å². The lowest BCUT2D eigenvalue weighted by atomic mass is 10.1. The number of likely N-dealkylation sites (N-methyl/N-ethyl adjacent to an activating group) is 1. The van der Waals surface area contributed by atoms with Crippen LogP contribution >= 0.6 is 0 Å². The highest BCUT2D eigenvalue weighted by molar-refractivity contribution is 5.41. The molecule has 0 aliphatic carbocycles. The summed E-state index contributed by atoms with van der Waals surface area (Å²) in [7, 11) is 2.17. The number of nitrogens with two attached hydrogens (primary N) is 1. The fourth-order valence-electron chi connectivity index (χ4n) is 2.72. The largest absolute Gasteiger partial charge is 0.491 e. The number of benzene rings is 1. The lowest BCUT2D eigenvalue weighted by molar-refractivity contribution is 0.0313. The third-order valence-corrected chi connectivity index (χ3v) is 4.12. The number of piperazine rings is 1. The zero-order chi connectivity index (χ0) is 15.2. The van der Waals surface area contributed by atoms with E-state index < -0.39 is 6.10 Å². The minimum atomic E-state index is -0.469. The monoisotopic (exact) mass is 293 g/mol. The summed E-state index contributed by atoms with van der Waals surface area (Å²) in [6.07, 6.45) is 0.675. The van der Waals surface area contributed by atoms with Gasteiger partial charge < -0.3 is 20.5 Å². The maximum atomic E-state index is 10.1. The van der Waals surface area contributed by atoms with E-state index in [9.17, 15) is 5.11 Å². The number of hydrogen-bond acceptors (Lipinski definition) is 5. The highest BCUT2D eigenvalue weighted by Crippen LogP contribution is 2.14. The molecule has 0 radical (unpaired) electrons. The molecular weight excluding hydrogens is 266 g/mol. The molecule has 1 fully saturated rings. The number of ether oxygens (including phenoxy) is 1. The smallest absolute Gasteiger partial charge is 0.119 e. The molecule has 0 saturated carbocycles. The van der Waals surface area contributed by atoms with Gasteiger partial charge in [0.15, 0.2) is 0 Å². The Kier molecular flexibility index (Phi) is 5.85. The Labute approximate surface area is 127 Å². The second-order valence-electron chi connectivity index (χ2n) is 5.84. The van der Waals surface area contributed by atoms with Crippen LogP contribution in [-0.4, -0.2) is 66.9 Å². The van der Waals surface area contributed by atoms with Gasteiger partial charge in [-0.3, -0.25) is 4.90 Å². The first-order valence-corrected chi connectivity index (χ1v) is 7.67. The van der Waals surface area contributed by atoms with Crippen molar-refractivity contribution in [1.82, 2.24) is 9.80 Å².